The van der Waals surface area contributed by atoms with E-state index >= 15 is 0 Å². The Morgan fingerprint density at radius 3 is 2.90 bits per heavy atom. The van der Waals surface area contributed by atoms with Crippen LogP contribution in [-0.2, 0) is 24.4 Å². The van der Waals surface area contributed by atoms with E-state index in [2.05, 4.69) is 26.8 Å². The topological polar surface area (TPSA) is 61.2 Å². The van der Waals surface area contributed by atoms with Gasteiger partial charge in [0.15, 0.2) is 0 Å². The molecule has 2 aromatic heterocycles. The molecule has 2 rings (SSSR count). The average Bonchev–Trinajstić information content (AvgIpc) is 2.98. The van der Waals surface area contributed by atoms with Crippen molar-refractivity contribution in [3.63, 3.8) is 0 Å². The molecule has 0 aliphatic rings. The first-order valence-electron chi connectivity index (χ1n) is 7.11. The van der Waals surface area contributed by atoms with Crippen molar-refractivity contribution in [2.75, 3.05) is 20.3 Å². The summed E-state index contributed by atoms with van der Waals surface area (Å²) in [5, 5.41) is 3.25. The standard InChI is InChI=1S/C15H22N4O2/c1-3-19-8-6-17-15(19)12-21-14-5-4-13(18-11-14)10-16-7-9-20-2/h4-6,8,11,16H,3,7,9-10,12H2,1-2H3. The van der Waals surface area contributed by atoms with Crippen LogP contribution in [-0.4, -0.2) is 34.8 Å². The maximum absolute atomic E-state index is 5.70. The van der Waals surface area contributed by atoms with Crippen LogP contribution >= 0.6 is 0 Å². The van der Waals surface area contributed by atoms with Gasteiger partial charge in [0.05, 0.1) is 18.5 Å². The van der Waals surface area contributed by atoms with Crippen LogP contribution in [0.5, 0.6) is 5.75 Å². The van der Waals surface area contributed by atoms with Gasteiger partial charge >= 0.3 is 0 Å². The van der Waals surface area contributed by atoms with E-state index in [1.165, 1.54) is 0 Å². The van der Waals surface area contributed by atoms with Crippen LogP contribution in [0.1, 0.15) is 18.4 Å². The van der Waals surface area contributed by atoms with E-state index in [0.29, 0.717) is 13.2 Å². The van der Waals surface area contributed by atoms with Crippen molar-refractivity contribution in [2.24, 2.45) is 0 Å². The largest absolute Gasteiger partial charge is 0.484 e. The quantitative estimate of drug-likeness (QED) is 0.711. The van der Waals surface area contributed by atoms with Crippen LogP contribution in [0, 0.1) is 0 Å². The highest BCUT2D eigenvalue weighted by molar-refractivity contribution is 5.20. The molecule has 0 spiro atoms. The van der Waals surface area contributed by atoms with Gasteiger partial charge in [0.25, 0.3) is 0 Å². The summed E-state index contributed by atoms with van der Waals surface area (Å²) >= 11 is 0. The molecule has 0 atom stereocenters. The SMILES string of the molecule is CCn1ccnc1COc1ccc(CNCCOC)nc1. The maximum atomic E-state index is 5.70. The number of imidazole rings is 1. The molecule has 2 heterocycles. The van der Waals surface area contributed by atoms with Gasteiger partial charge in [-0.05, 0) is 19.1 Å². The Labute approximate surface area is 125 Å². The predicted octanol–water partition coefficient (Wildman–Crippen LogP) is 1.61. The molecular weight excluding hydrogens is 268 g/mol. The molecule has 0 aliphatic carbocycles. The minimum atomic E-state index is 0.452. The predicted molar refractivity (Wildman–Crippen MR) is 80.1 cm³/mol. The fourth-order valence-electron chi connectivity index (χ4n) is 1.91. The Morgan fingerprint density at radius 1 is 1.29 bits per heavy atom. The Bertz CT molecular complexity index is 525. The van der Waals surface area contributed by atoms with E-state index in [1.54, 1.807) is 19.5 Å². The second-order valence-electron chi connectivity index (χ2n) is 4.57. The van der Waals surface area contributed by atoms with Crippen molar-refractivity contribution in [3.8, 4) is 5.75 Å². The van der Waals surface area contributed by atoms with E-state index < -0.39 is 0 Å². The molecule has 0 saturated heterocycles. The first kappa shape index (κ1) is 15.5. The second kappa shape index (κ2) is 8.39. The van der Waals surface area contributed by atoms with Crippen molar-refractivity contribution < 1.29 is 9.47 Å². The third kappa shape index (κ3) is 4.84. The molecule has 0 unspecified atom stereocenters. The van der Waals surface area contributed by atoms with Gasteiger partial charge in [0.2, 0.25) is 0 Å². The Balaban J connectivity index is 1.79. The molecule has 0 radical (unpaired) electrons. The molecule has 6 nitrogen and oxygen atoms in total. The molecule has 0 saturated carbocycles. The van der Waals surface area contributed by atoms with Crippen molar-refractivity contribution in [1.29, 1.82) is 0 Å². The highest BCUT2D eigenvalue weighted by Gasteiger charge is 2.03. The zero-order valence-corrected chi connectivity index (χ0v) is 12.6. The van der Waals surface area contributed by atoms with Gasteiger partial charge in [-0.15, -0.1) is 0 Å². The van der Waals surface area contributed by atoms with Crippen LogP contribution < -0.4 is 10.1 Å². The number of aryl methyl sites for hydroxylation is 1. The van der Waals surface area contributed by atoms with Crippen molar-refractivity contribution in [3.05, 3.63) is 42.2 Å². The number of hydrogen-bond acceptors (Lipinski definition) is 5. The summed E-state index contributed by atoms with van der Waals surface area (Å²) in [5.74, 6) is 1.67. The summed E-state index contributed by atoms with van der Waals surface area (Å²) in [7, 11) is 1.69. The molecule has 0 bridgehead atoms. The van der Waals surface area contributed by atoms with Gasteiger partial charge in [0.1, 0.15) is 18.2 Å². The van der Waals surface area contributed by atoms with Gasteiger partial charge in [-0.2, -0.15) is 0 Å². The van der Waals surface area contributed by atoms with Gasteiger partial charge in [-0.3, -0.25) is 4.98 Å². The summed E-state index contributed by atoms with van der Waals surface area (Å²) in [6.45, 7) is 5.67. The van der Waals surface area contributed by atoms with E-state index in [0.717, 1.165) is 36.9 Å². The van der Waals surface area contributed by atoms with E-state index in [4.69, 9.17) is 9.47 Å². The summed E-state index contributed by atoms with van der Waals surface area (Å²) in [6, 6.07) is 3.89. The third-order valence-electron chi connectivity index (χ3n) is 3.10. The van der Waals surface area contributed by atoms with Crippen LogP contribution in [0.2, 0.25) is 0 Å². The van der Waals surface area contributed by atoms with E-state index in [-0.39, 0.29) is 0 Å². The van der Waals surface area contributed by atoms with Crippen LogP contribution in [0.4, 0.5) is 0 Å². The lowest BCUT2D eigenvalue weighted by Crippen LogP contribution is -2.19. The highest BCUT2D eigenvalue weighted by atomic mass is 16.5. The number of hydrogen-bond donors (Lipinski definition) is 1. The minimum Gasteiger partial charge on any atom is -0.484 e. The Hall–Kier alpha value is -1.92. The van der Waals surface area contributed by atoms with Gasteiger partial charge in [-0.25, -0.2) is 4.98 Å². The molecule has 1 N–H and O–H groups in total. The second-order valence-corrected chi connectivity index (χ2v) is 4.57. The number of nitrogens with one attached hydrogen (secondary N) is 1. The fourth-order valence-corrected chi connectivity index (χ4v) is 1.91. The van der Waals surface area contributed by atoms with Gasteiger partial charge in [0, 0.05) is 39.1 Å². The summed E-state index contributed by atoms with van der Waals surface area (Å²) in [5.41, 5.74) is 0.980. The Kier molecular flexibility index (Phi) is 6.18. The van der Waals surface area contributed by atoms with E-state index in [9.17, 15) is 0 Å². The van der Waals surface area contributed by atoms with Crippen molar-refractivity contribution >= 4 is 0 Å². The van der Waals surface area contributed by atoms with Crippen molar-refractivity contribution in [2.45, 2.75) is 26.6 Å². The van der Waals surface area contributed by atoms with Gasteiger partial charge in [-0.1, -0.05) is 0 Å². The van der Waals surface area contributed by atoms with Crippen LogP contribution in [0.15, 0.2) is 30.7 Å². The lowest BCUT2D eigenvalue weighted by Gasteiger charge is -2.08. The monoisotopic (exact) mass is 290 g/mol. The molecule has 6 heteroatoms. The lowest BCUT2D eigenvalue weighted by molar-refractivity contribution is 0.199. The zero-order chi connectivity index (χ0) is 14.9. The molecule has 0 aliphatic heterocycles. The minimum absolute atomic E-state index is 0.452. The van der Waals surface area contributed by atoms with Gasteiger partial charge < -0.3 is 19.4 Å². The normalized spacial score (nSPS) is 10.8. The zero-order valence-electron chi connectivity index (χ0n) is 12.6. The van der Waals surface area contributed by atoms with Crippen LogP contribution in [0.25, 0.3) is 0 Å². The van der Waals surface area contributed by atoms with Crippen LogP contribution in [0.3, 0.4) is 0 Å². The molecule has 0 aromatic carbocycles. The Morgan fingerprint density at radius 2 is 2.19 bits per heavy atom. The molecule has 21 heavy (non-hydrogen) atoms. The first-order chi connectivity index (χ1) is 10.3. The fraction of sp³-hybridized carbons (Fsp3) is 0.467. The smallest absolute Gasteiger partial charge is 0.146 e. The molecular formula is C15H22N4O2. The number of pyridine rings is 1. The summed E-state index contributed by atoms with van der Waals surface area (Å²) in [6.07, 6.45) is 5.48. The highest BCUT2D eigenvalue weighted by Crippen LogP contribution is 2.11. The lowest BCUT2D eigenvalue weighted by atomic mass is 10.3. The average molecular weight is 290 g/mol. The third-order valence-corrected chi connectivity index (χ3v) is 3.10. The summed E-state index contributed by atoms with van der Waals surface area (Å²) < 4.78 is 12.7. The molecule has 114 valence electrons. The molecule has 2 aromatic rings. The van der Waals surface area contributed by atoms with E-state index in [1.807, 2.05) is 18.3 Å². The number of methoxy groups -OCH3 is 1. The number of rotatable bonds is 9. The maximum Gasteiger partial charge on any atom is 0.146 e. The molecule has 0 amide bonds. The number of nitrogens with zero attached hydrogens (tertiary/aromatic N) is 3. The number of aromatic nitrogens is 3. The first-order valence-corrected chi connectivity index (χ1v) is 7.11. The van der Waals surface area contributed by atoms with Crippen molar-refractivity contribution in [1.82, 2.24) is 19.9 Å². The number of ether oxygens (including phenoxy) is 2. The summed E-state index contributed by atoms with van der Waals surface area (Å²) in [4.78, 5) is 8.64. The molecule has 0 fully saturated rings.